The summed E-state index contributed by atoms with van der Waals surface area (Å²) in [5.74, 6) is 0.866. The smallest absolute Gasteiger partial charge is 0.118 e. The van der Waals surface area contributed by atoms with E-state index in [-0.39, 0.29) is 6.04 Å². The fourth-order valence-electron chi connectivity index (χ4n) is 3.61. The molecule has 4 nitrogen and oxygen atoms in total. The first-order valence-electron chi connectivity index (χ1n) is 10.2. The van der Waals surface area contributed by atoms with Crippen LogP contribution in [0.3, 0.4) is 0 Å². The van der Waals surface area contributed by atoms with Gasteiger partial charge in [0.1, 0.15) is 5.75 Å². The average molecular weight is 398 g/mol. The highest BCUT2D eigenvalue weighted by Crippen LogP contribution is 2.36. The van der Waals surface area contributed by atoms with Crippen molar-refractivity contribution in [1.82, 2.24) is 0 Å². The zero-order valence-electron chi connectivity index (χ0n) is 17.7. The molecular formula is C26H27N3O. The molecule has 0 saturated heterocycles. The van der Waals surface area contributed by atoms with Crippen molar-refractivity contribution < 1.29 is 4.74 Å². The summed E-state index contributed by atoms with van der Waals surface area (Å²) in [6.45, 7) is 0. The summed E-state index contributed by atoms with van der Waals surface area (Å²) in [7, 11) is 5.79. The monoisotopic (exact) mass is 397 g/mol. The van der Waals surface area contributed by atoms with Gasteiger partial charge in [0.25, 0.3) is 0 Å². The van der Waals surface area contributed by atoms with Crippen molar-refractivity contribution in [3.63, 3.8) is 0 Å². The number of benzene rings is 3. The van der Waals surface area contributed by atoms with Crippen molar-refractivity contribution in [3.8, 4) is 5.75 Å². The Kier molecular flexibility index (Phi) is 5.84. The first kappa shape index (κ1) is 19.8. The third-order valence-electron chi connectivity index (χ3n) is 5.33. The first-order valence-corrected chi connectivity index (χ1v) is 10.2. The molecule has 4 heteroatoms. The summed E-state index contributed by atoms with van der Waals surface area (Å²) in [5.41, 5.74) is 5.75. The van der Waals surface area contributed by atoms with E-state index < -0.39 is 0 Å². The Morgan fingerprint density at radius 2 is 1.60 bits per heavy atom. The normalized spacial score (nSPS) is 16.0. The highest BCUT2D eigenvalue weighted by molar-refractivity contribution is 6.01. The zero-order chi connectivity index (χ0) is 20.9. The molecule has 3 aromatic rings. The number of rotatable bonds is 6. The van der Waals surface area contributed by atoms with Crippen molar-refractivity contribution in [3.05, 3.63) is 96.1 Å². The lowest BCUT2D eigenvalue weighted by Crippen LogP contribution is -2.18. The second-order valence-electron chi connectivity index (χ2n) is 7.58. The van der Waals surface area contributed by atoms with E-state index in [0.29, 0.717) is 0 Å². The molecule has 0 amide bonds. The van der Waals surface area contributed by atoms with Crippen LogP contribution in [0.1, 0.15) is 23.6 Å². The van der Waals surface area contributed by atoms with Crippen LogP contribution in [0.15, 0.2) is 90.0 Å². The molecule has 0 N–H and O–H groups in total. The molecule has 0 aliphatic carbocycles. The third kappa shape index (κ3) is 4.38. The molecule has 0 bridgehead atoms. The predicted octanol–water partition coefficient (Wildman–Crippen LogP) is 5.78. The molecule has 0 saturated carbocycles. The summed E-state index contributed by atoms with van der Waals surface area (Å²) in [6.07, 6.45) is 5.12. The van der Waals surface area contributed by atoms with Gasteiger partial charge >= 0.3 is 0 Å². The lowest BCUT2D eigenvalue weighted by molar-refractivity contribution is 0.414. The largest absolute Gasteiger partial charge is 0.497 e. The Bertz CT molecular complexity index is 1020. The Labute approximate surface area is 178 Å². The fourth-order valence-corrected chi connectivity index (χ4v) is 3.61. The molecule has 152 valence electrons. The molecule has 0 radical (unpaired) electrons. The molecule has 0 spiro atoms. The summed E-state index contributed by atoms with van der Waals surface area (Å²) in [5, 5.41) is 7.06. The molecule has 4 rings (SSSR count). The number of para-hydroxylation sites is 1. The van der Waals surface area contributed by atoms with E-state index in [1.165, 1.54) is 16.8 Å². The summed E-state index contributed by atoms with van der Waals surface area (Å²) in [6, 6.07) is 27.3. The van der Waals surface area contributed by atoms with Crippen molar-refractivity contribution in [1.29, 1.82) is 0 Å². The lowest BCUT2D eigenvalue weighted by Gasteiger charge is -2.24. The minimum absolute atomic E-state index is 0.161. The van der Waals surface area contributed by atoms with Gasteiger partial charge in [0.05, 0.1) is 24.6 Å². The van der Waals surface area contributed by atoms with Crippen LogP contribution in [0.2, 0.25) is 0 Å². The maximum Gasteiger partial charge on any atom is 0.118 e. The molecule has 1 unspecified atom stereocenters. The number of nitrogens with zero attached hydrogens (tertiary/aromatic N) is 3. The Hall–Kier alpha value is -3.53. The number of hydrazone groups is 1. The molecule has 1 aliphatic heterocycles. The molecule has 30 heavy (non-hydrogen) atoms. The van der Waals surface area contributed by atoms with Crippen LogP contribution < -0.4 is 14.6 Å². The van der Waals surface area contributed by atoms with Crippen molar-refractivity contribution in [2.75, 3.05) is 31.1 Å². The van der Waals surface area contributed by atoms with Crippen LogP contribution in [0, 0.1) is 0 Å². The summed E-state index contributed by atoms with van der Waals surface area (Å²) < 4.78 is 5.32. The van der Waals surface area contributed by atoms with E-state index >= 15 is 0 Å². The number of anilines is 2. The quantitative estimate of drug-likeness (QED) is 0.528. The zero-order valence-corrected chi connectivity index (χ0v) is 17.7. The van der Waals surface area contributed by atoms with Gasteiger partial charge in [-0.2, -0.15) is 5.10 Å². The van der Waals surface area contributed by atoms with Crippen molar-refractivity contribution in [2.45, 2.75) is 12.5 Å². The minimum Gasteiger partial charge on any atom is -0.497 e. The van der Waals surface area contributed by atoms with Gasteiger partial charge < -0.3 is 9.64 Å². The summed E-state index contributed by atoms with van der Waals surface area (Å²) >= 11 is 0. The van der Waals surface area contributed by atoms with Gasteiger partial charge in [-0.1, -0.05) is 48.5 Å². The molecular weight excluding hydrogens is 370 g/mol. The second kappa shape index (κ2) is 8.87. The standard InChI is InChI=1S/C26H27N3O/c1-28(2)23-15-10-20(11-16-23)9-14-22-19-26(21-12-17-25(30-3)18-13-21)29(27-22)24-7-5-4-6-8-24/h4-18,26H,19H2,1-3H3. The number of hydrogen-bond acceptors (Lipinski definition) is 4. The number of ether oxygens (including phenoxy) is 1. The van der Waals surface area contributed by atoms with Gasteiger partial charge in [-0.25, -0.2) is 0 Å². The Balaban J connectivity index is 1.58. The van der Waals surface area contributed by atoms with Crippen molar-refractivity contribution >= 4 is 23.2 Å². The highest BCUT2D eigenvalue weighted by atomic mass is 16.5. The lowest BCUT2D eigenvalue weighted by atomic mass is 10.0. The Morgan fingerprint density at radius 3 is 2.23 bits per heavy atom. The summed E-state index contributed by atoms with van der Waals surface area (Å²) in [4.78, 5) is 2.10. The van der Waals surface area contributed by atoms with Gasteiger partial charge in [-0.15, -0.1) is 0 Å². The van der Waals surface area contributed by atoms with Crippen LogP contribution in [0.25, 0.3) is 6.08 Å². The molecule has 0 aromatic heterocycles. The van der Waals surface area contributed by atoms with Crippen LogP contribution in [0.5, 0.6) is 5.75 Å². The SMILES string of the molecule is COc1ccc(C2CC(C=Cc3ccc(N(C)C)cc3)=NN2c2ccccc2)cc1. The Morgan fingerprint density at radius 1 is 0.900 bits per heavy atom. The molecule has 0 fully saturated rings. The minimum atomic E-state index is 0.161. The van der Waals surface area contributed by atoms with Crippen LogP contribution in [-0.4, -0.2) is 26.9 Å². The van der Waals surface area contributed by atoms with E-state index in [1.807, 2.05) is 18.2 Å². The van der Waals surface area contributed by atoms with Crippen molar-refractivity contribution in [2.24, 2.45) is 5.10 Å². The fraction of sp³-hybridized carbons (Fsp3) is 0.192. The van der Waals surface area contributed by atoms with Crippen LogP contribution in [-0.2, 0) is 0 Å². The highest BCUT2D eigenvalue weighted by Gasteiger charge is 2.28. The van der Waals surface area contributed by atoms with E-state index in [1.54, 1.807) is 7.11 Å². The second-order valence-corrected chi connectivity index (χ2v) is 7.58. The third-order valence-corrected chi connectivity index (χ3v) is 5.33. The van der Waals surface area contributed by atoms with Gasteiger partial charge in [0.15, 0.2) is 0 Å². The molecule has 1 aliphatic rings. The van der Waals surface area contributed by atoms with E-state index in [0.717, 1.165) is 23.6 Å². The predicted molar refractivity (Wildman–Crippen MR) is 127 cm³/mol. The number of methoxy groups -OCH3 is 1. The maximum absolute atomic E-state index is 5.32. The van der Waals surface area contributed by atoms with Crippen LogP contribution in [0.4, 0.5) is 11.4 Å². The van der Waals surface area contributed by atoms with E-state index in [4.69, 9.17) is 9.84 Å². The number of allylic oxidation sites excluding steroid dienone is 1. The van der Waals surface area contributed by atoms with Crippen LogP contribution >= 0.6 is 0 Å². The van der Waals surface area contributed by atoms with Gasteiger partial charge in [0, 0.05) is 26.2 Å². The van der Waals surface area contributed by atoms with E-state index in [9.17, 15) is 0 Å². The number of hydrogen-bond donors (Lipinski definition) is 0. The van der Waals surface area contributed by atoms with Gasteiger partial charge in [-0.05, 0) is 53.6 Å². The van der Waals surface area contributed by atoms with E-state index in [2.05, 4.69) is 96.8 Å². The molecule has 1 heterocycles. The first-order chi connectivity index (χ1) is 14.6. The molecule has 1 atom stereocenters. The maximum atomic E-state index is 5.32. The van der Waals surface area contributed by atoms with Gasteiger partial charge in [0.2, 0.25) is 0 Å². The molecule has 3 aromatic carbocycles. The van der Waals surface area contributed by atoms with Gasteiger partial charge in [-0.3, -0.25) is 5.01 Å². The average Bonchev–Trinajstić information content (AvgIpc) is 3.23. The topological polar surface area (TPSA) is 28.1 Å².